The molecule has 84 valence electrons. The van der Waals surface area contributed by atoms with Crippen LogP contribution in [0.15, 0.2) is 28.7 Å². The van der Waals surface area contributed by atoms with Gasteiger partial charge in [0.25, 0.3) is 0 Å². The number of methoxy groups -OCH3 is 1. The summed E-state index contributed by atoms with van der Waals surface area (Å²) in [5.41, 5.74) is 0. The van der Waals surface area contributed by atoms with Gasteiger partial charge in [-0.05, 0) is 18.2 Å². The van der Waals surface area contributed by atoms with Gasteiger partial charge in [-0.15, -0.1) is 11.3 Å². The minimum absolute atomic E-state index is 0.591. The highest BCUT2D eigenvalue weighted by molar-refractivity contribution is 9.10. The molecule has 1 unspecified atom stereocenters. The summed E-state index contributed by atoms with van der Waals surface area (Å²) >= 11 is 4.80. The van der Waals surface area contributed by atoms with E-state index in [1.54, 1.807) is 6.07 Å². The summed E-state index contributed by atoms with van der Waals surface area (Å²) in [6.07, 6.45) is -1.20. The van der Waals surface area contributed by atoms with E-state index in [0.29, 0.717) is 4.88 Å². The van der Waals surface area contributed by atoms with Crippen molar-refractivity contribution in [1.29, 1.82) is 0 Å². The highest BCUT2D eigenvalue weighted by atomic mass is 79.9. The van der Waals surface area contributed by atoms with Crippen LogP contribution in [0.4, 0.5) is 0 Å². The molecule has 3 nitrogen and oxygen atoms in total. The summed E-state index contributed by atoms with van der Waals surface area (Å²) in [7, 11) is 1.26. The average Bonchev–Trinajstić information content (AvgIpc) is 2.72. The van der Waals surface area contributed by atoms with Crippen molar-refractivity contribution in [2.24, 2.45) is 0 Å². The molecule has 1 aromatic heterocycles. The van der Waals surface area contributed by atoms with Gasteiger partial charge in [0, 0.05) is 19.4 Å². The number of ether oxygens (including phenoxy) is 1. The third-order valence-corrected chi connectivity index (χ3v) is 4.07. The van der Waals surface area contributed by atoms with Crippen LogP contribution in [0.5, 0.6) is 0 Å². The van der Waals surface area contributed by atoms with Crippen LogP contribution in [0.1, 0.15) is 11.0 Å². The highest BCUT2D eigenvalue weighted by Crippen LogP contribution is 2.34. The summed E-state index contributed by atoms with van der Waals surface area (Å²) in [5, 5.41) is 10.7. The molecular weight excluding hydrogens is 292 g/mol. The number of halogens is 1. The number of hydrogen-bond acceptors (Lipinski definition) is 4. The molecule has 0 aliphatic carbocycles. The minimum atomic E-state index is -1.20. The number of aliphatic hydroxyl groups excluding tert-OH is 1. The minimum Gasteiger partial charge on any atom is -0.467 e. The maximum absolute atomic E-state index is 11.2. The van der Waals surface area contributed by atoms with E-state index in [9.17, 15) is 9.90 Å². The predicted molar refractivity (Wildman–Crippen MR) is 66.5 cm³/mol. The van der Waals surface area contributed by atoms with Crippen molar-refractivity contribution in [2.75, 3.05) is 7.11 Å². The molecule has 1 atom stereocenters. The number of carbonyl (C=O) groups is 1. The van der Waals surface area contributed by atoms with Gasteiger partial charge in [0.1, 0.15) is 0 Å². The van der Waals surface area contributed by atoms with Crippen molar-refractivity contribution in [3.05, 3.63) is 33.6 Å². The molecule has 0 aliphatic heterocycles. The first-order chi connectivity index (χ1) is 7.63. The lowest BCUT2D eigenvalue weighted by Gasteiger charge is -2.04. The molecular formula is C11H9BrO3S. The van der Waals surface area contributed by atoms with Crippen LogP contribution in [0, 0.1) is 0 Å². The number of esters is 1. The van der Waals surface area contributed by atoms with E-state index >= 15 is 0 Å². The molecule has 0 saturated heterocycles. The van der Waals surface area contributed by atoms with Crippen LogP contribution in [-0.2, 0) is 9.53 Å². The molecule has 1 heterocycles. The zero-order chi connectivity index (χ0) is 11.7. The summed E-state index contributed by atoms with van der Waals surface area (Å²) in [6.45, 7) is 0. The van der Waals surface area contributed by atoms with E-state index in [4.69, 9.17) is 0 Å². The summed E-state index contributed by atoms with van der Waals surface area (Å²) in [5.74, 6) is -0.636. The maximum Gasteiger partial charge on any atom is 0.340 e. The molecule has 0 saturated carbocycles. The fraction of sp³-hybridized carbons (Fsp3) is 0.182. The first kappa shape index (κ1) is 11.6. The third-order valence-electron chi connectivity index (χ3n) is 2.22. The fourth-order valence-electron chi connectivity index (χ4n) is 1.41. The molecule has 5 heteroatoms. The lowest BCUT2D eigenvalue weighted by atomic mass is 10.2. The lowest BCUT2D eigenvalue weighted by molar-refractivity contribution is -0.150. The van der Waals surface area contributed by atoms with Crippen LogP contribution >= 0.6 is 27.3 Å². The standard InChI is InChI=1S/C11H9BrO3S/c1-15-11(14)10(13)9-5-6-7(12)3-2-4-8(6)16-9/h2-5,10,13H,1H3. The second kappa shape index (κ2) is 4.53. The molecule has 1 N–H and O–H groups in total. The second-order valence-electron chi connectivity index (χ2n) is 3.23. The third kappa shape index (κ3) is 1.98. The Labute approximate surface area is 105 Å². The van der Waals surface area contributed by atoms with Gasteiger partial charge in [-0.1, -0.05) is 22.0 Å². The molecule has 1 aromatic carbocycles. The number of fused-ring (bicyclic) bond motifs is 1. The number of carbonyl (C=O) groups excluding carboxylic acids is 1. The molecule has 0 radical (unpaired) electrons. The first-order valence-corrected chi connectivity index (χ1v) is 6.18. The summed E-state index contributed by atoms with van der Waals surface area (Å²) in [6, 6.07) is 7.57. The van der Waals surface area contributed by atoms with Crippen molar-refractivity contribution in [3.63, 3.8) is 0 Å². The quantitative estimate of drug-likeness (QED) is 0.868. The largest absolute Gasteiger partial charge is 0.467 e. The summed E-state index contributed by atoms with van der Waals surface area (Å²) in [4.78, 5) is 11.8. The average molecular weight is 301 g/mol. The van der Waals surface area contributed by atoms with Gasteiger partial charge in [-0.2, -0.15) is 0 Å². The fourth-order valence-corrected chi connectivity index (χ4v) is 3.08. The number of thiophene rings is 1. The van der Waals surface area contributed by atoms with Gasteiger partial charge in [-0.3, -0.25) is 0 Å². The highest BCUT2D eigenvalue weighted by Gasteiger charge is 2.20. The Balaban J connectivity index is 2.47. The Bertz CT molecular complexity index is 535. The topological polar surface area (TPSA) is 46.5 Å². The molecule has 0 amide bonds. The normalized spacial score (nSPS) is 12.7. The molecule has 0 spiro atoms. The Kier molecular flexibility index (Phi) is 3.28. The Hall–Kier alpha value is -0.910. The monoisotopic (exact) mass is 300 g/mol. The van der Waals surface area contributed by atoms with Crippen LogP contribution in [-0.4, -0.2) is 18.2 Å². The zero-order valence-corrected chi connectivity index (χ0v) is 10.8. The maximum atomic E-state index is 11.2. The van der Waals surface area contributed by atoms with E-state index in [-0.39, 0.29) is 0 Å². The van der Waals surface area contributed by atoms with Crippen molar-refractivity contribution in [1.82, 2.24) is 0 Å². The smallest absolute Gasteiger partial charge is 0.340 e. The number of hydrogen-bond donors (Lipinski definition) is 1. The van der Waals surface area contributed by atoms with Gasteiger partial charge in [-0.25, -0.2) is 4.79 Å². The van der Waals surface area contributed by atoms with E-state index < -0.39 is 12.1 Å². The Morgan fingerprint density at radius 2 is 2.31 bits per heavy atom. The number of rotatable bonds is 2. The first-order valence-electron chi connectivity index (χ1n) is 4.57. The Morgan fingerprint density at radius 1 is 1.56 bits per heavy atom. The van der Waals surface area contributed by atoms with Gasteiger partial charge in [0.2, 0.25) is 0 Å². The molecule has 0 aliphatic rings. The van der Waals surface area contributed by atoms with Gasteiger partial charge < -0.3 is 9.84 Å². The van der Waals surface area contributed by atoms with Gasteiger partial charge in [0.05, 0.1) is 7.11 Å². The van der Waals surface area contributed by atoms with Gasteiger partial charge in [0.15, 0.2) is 6.10 Å². The van der Waals surface area contributed by atoms with Gasteiger partial charge >= 0.3 is 5.97 Å². The Morgan fingerprint density at radius 3 is 2.94 bits per heavy atom. The zero-order valence-electron chi connectivity index (χ0n) is 8.44. The van der Waals surface area contributed by atoms with E-state index in [1.807, 2.05) is 18.2 Å². The second-order valence-corrected chi connectivity index (χ2v) is 5.20. The SMILES string of the molecule is COC(=O)C(O)c1cc2c(Br)cccc2s1. The van der Waals surface area contributed by atoms with E-state index in [0.717, 1.165) is 14.6 Å². The molecule has 2 aromatic rings. The van der Waals surface area contributed by atoms with E-state index in [1.165, 1.54) is 18.4 Å². The predicted octanol–water partition coefficient (Wildman–Crippen LogP) is 2.87. The molecule has 16 heavy (non-hydrogen) atoms. The molecule has 2 rings (SSSR count). The van der Waals surface area contributed by atoms with Crippen molar-refractivity contribution < 1.29 is 14.6 Å². The molecule has 0 bridgehead atoms. The van der Waals surface area contributed by atoms with E-state index in [2.05, 4.69) is 20.7 Å². The lowest BCUT2D eigenvalue weighted by Crippen LogP contribution is -2.11. The van der Waals surface area contributed by atoms with Crippen molar-refractivity contribution in [2.45, 2.75) is 6.10 Å². The van der Waals surface area contributed by atoms with Crippen molar-refractivity contribution in [3.8, 4) is 0 Å². The van der Waals surface area contributed by atoms with Crippen molar-refractivity contribution >= 4 is 43.3 Å². The molecule has 0 fully saturated rings. The van der Waals surface area contributed by atoms with Crippen LogP contribution in [0.2, 0.25) is 0 Å². The van der Waals surface area contributed by atoms with Crippen LogP contribution in [0.25, 0.3) is 10.1 Å². The van der Waals surface area contributed by atoms with Crippen LogP contribution in [0.3, 0.4) is 0 Å². The number of aliphatic hydroxyl groups is 1. The van der Waals surface area contributed by atoms with Crippen LogP contribution < -0.4 is 0 Å². The number of benzene rings is 1. The summed E-state index contributed by atoms with van der Waals surface area (Å²) < 4.78 is 6.47.